The Morgan fingerprint density at radius 3 is 2.90 bits per heavy atom. The molecule has 0 saturated carbocycles. The molecule has 0 aromatic carbocycles. The van der Waals surface area contributed by atoms with Crippen LogP contribution >= 0.6 is 0 Å². The van der Waals surface area contributed by atoms with Crippen LogP contribution in [0.3, 0.4) is 0 Å². The lowest BCUT2D eigenvalue weighted by Crippen LogP contribution is -2.19. The smallest absolute Gasteiger partial charge is 0.159 e. The minimum Gasteiger partial charge on any atom is -0.324 e. The Hall–Kier alpha value is -0.890. The molecule has 2 nitrogen and oxygen atoms in total. The standard InChI is InChI=1S/C8H11NO/c1-6(10)7-3-2-4-8(9)5-7/h2-3,5,8H,4,9H2,1H3. The van der Waals surface area contributed by atoms with Crippen molar-refractivity contribution in [1.82, 2.24) is 0 Å². The van der Waals surface area contributed by atoms with E-state index in [1.807, 2.05) is 18.2 Å². The van der Waals surface area contributed by atoms with Gasteiger partial charge in [-0.25, -0.2) is 0 Å². The van der Waals surface area contributed by atoms with Crippen LogP contribution in [0.2, 0.25) is 0 Å². The third kappa shape index (κ3) is 1.54. The fraction of sp³-hybridized carbons (Fsp3) is 0.375. The van der Waals surface area contributed by atoms with Crippen LogP contribution in [0.25, 0.3) is 0 Å². The number of rotatable bonds is 1. The first-order chi connectivity index (χ1) is 4.70. The SMILES string of the molecule is CC(=O)C1=CC(N)CC=C1. The molecule has 1 unspecified atom stereocenters. The van der Waals surface area contributed by atoms with E-state index in [1.54, 1.807) is 6.92 Å². The van der Waals surface area contributed by atoms with Crippen molar-refractivity contribution in [3.63, 3.8) is 0 Å². The summed E-state index contributed by atoms with van der Waals surface area (Å²) >= 11 is 0. The van der Waals surface area contributed by atoms with Gasteiger partial charge in [-0.15, -0.1) is 0 Å². The Morgan fingerprint density at radius 2 is 2.50 bits per heavy atom. The van der Waals surface area contributed by atoms with Crippen LogP contribution in [0.15, 0.2) is 23.8 Å². The normalized spacial score (nSPS) is 24.2. The van der Waals surface area contributed by atoms with Crippen molar-refractivity contribution >= 4 is 5.78 Å². The molecular formula is C8H11NO. The molecule has 0 bridgehead atoms. The molecule has 2 N–H and O–H groups in total. The fourth-order valence-electron chi connectivity index (χ4n) is 0.941. The molecule has 0 fully saturated rings. The quantitative estimate of drug-likeness (QED) is 0.580. The second kappa shape index (κ2) is 2.80. The number of carbonyl (C=O) groups is 1. The number of hydrogen-bond donors (Lipinski definition) is 1. The van der Waals surface area contributed by atoms with E-state index in [0.29, 0.717) is 0 Å². The molecule has 0 aromatic rings. The van der Waals surface area contributed by atoms with Crippen LogP contribution in [-0.2, 0) is 4.79 Å². The summed E-state index contributed by atoms with van der Waals surface area (Å²) in [6.45, 7) is 1.55. The van der Waals surface area contributed by atoms with E-state index in [1.165, 1.54) is 0 Å². The Labute approximate surface area is 60.4 Å². The third-order valence-corrected chi connectivity index (χ3v) is 1.51. The van der Waals surface area contributed by atoms with Gasteiger partial charge in [-0.2, -0.15) is 0 Å². The van der Waals surface area contributed by atoms with Crippen molar-refractivity contribution in [1.29, 1.82) is 0 Å². The highest BCUT2D eigenvalue weighted by molar-refractivity contribution is 5.96. The number of carbonyl (C=O) groups excluding carboxylic acids is 1. The van der Waals surface area contributed by atoms with Gasteiger partial charge in [-0.3, -0.25) is 4.79 Å². The average molecular weight is 137 g/mol. The van der Waals surface area contributed by atoms with Gasteiger partial charge in [0, 0.05) is 11.6 Å². The summed E-state index contributed by atoms with van der Waals surface area (Å²) in [6, 6.07) is 0.0314. The molecular weight excluding hydrogens is 126 g/mol. The van der Waals surface area contributed by atoms with E-state index in [0.717, 1.165) is 12.0 Å². The van der Waals surface area contributed by atoms with Crippen LogP contribution < -0.4 is 5.73 Å². The zero-order chi connectivity index (χ0) is 7.56. The van der Waals surface area contributed by atoms with Crippen molar-refractivity contribution in [2.45, 2.75) is 19.4 Å². The lowest BCUT2D eigenvalue weighted by Gasteiger charge is -2.09. The first-order valence-electron chi connectivity index (χ1n) is 3.35. The monoisotopic (exact) mass is 137 g/mol. The average Bonchev–Trinajstić information content (AvgIpc) is 1.88. The van der Waals surface area contributed by atoms with Gasteiger partial charge in [0.25, 0.3) is 0 Å². The van der Waals surface area contributed by atoms with Gasteiger partial charge in [-0.1, -0.05) is 18.2 Å². The summed E-state index contributed by atoms with van der Waals surface area (Å²) in [5.41, 5.74) is 6.32. The number of ketones is 1. The molecule has 1 atom stereocenters. The maximum absolute atomic E-state index is 10.8. The maximum atomic E-state index is 10.8. The van der Waals surface area contributed by atoms with E-state index < -0.39 is 0 Å². The first-order valence-corrected chi connectivity index (χ1v) is 3.35. The van der Waals surface area contributed by atoms with E-state index >= 15 is 0 Å². The summed E-state index contributed by atoms with van der Waals surface area (Å²) < 4.78 is 0. The number of allylic oxidation sites excluding steroid dienone is 2. The third-order valence-electron chi connectivity index (χ3n) is 1.51. The highest BCUT2D eigenvalue weighted by Gasteiger charge is 2.06. The van der Waals surface area contributed by atoms with Gasteiger partial charge < -0.3 is 5.73 Å². The highest BCUT2D eigenvalue weighted by atomic mass is 16.1. The van der Waals surface area contributed by atoms with Crippen LogP contribution in [-0.4, -0.2) is 11.8 Å². The number of nitrogens with two attached hydrogens (primary N) is 1. The molecule has 10 heavy (non-hydrogen) atoms. The first kappa shape index (κ1) is 7.22. The van der Waals surface area contributed by atoms with Gasteiger partial charge in [0.05, 0.1) is 0 Å². The molecule has 0 radical (unpaired) electrons. The predicted octanol–water partition coefficient (Wildman–Crippen LogP) is 0.789. The van der Waals surface area contributed by atoms with E-state index in [9.17, 15) is 4.79 Å². The molecule has 0 aromatic heterocycles. The topological polar surface area (TPSA) is 43.1 Å². The van der Waals surface area contributed by atoms with Crippen molar-refractivity contribution in [3.05, 3.63) is 23.8 Å². The minimum absolute atomic E-state index is 0.0314. The summed E-state index contributed by atoms with van der Waals surface area (Å²) in [7, 11) is 0. The van der Waals surface area contributed by atoms with Gasteiger partial charge in [0.2, 0.25) is 0 Å². The Balaban J connectivity index is 2.76. The molecule has 0 aliphatic heterocycles. The van der Waals surface area contributed by atoms with Crippen molar-refractivity contribution in [3.8, 4) is 0 Å². The Bertz CT molecular complexity index is 203. The summed E-state index contributed by atoms with van der Waals surface area (Å²) in [4.78, 5) is 10.8. The fourth-order valence-corrected chi connectivity index (χ4v) is 0.941. The number of Topliss-reactive ketones (excluding diaryl/α,β-unsaturated/α-hetero) is 1. The summed E-state index contributed by atoms with van der Waals surface area (Å²) in [6.07, 6.45) is 6.41. The highest BCUT2D eigenvalue weighted by Crippen LogP contribution is 2.09. The largest absolute Gasteiger partial charge is 0.324 e. The molecule has 0 amide bonds. The molecule has 1 aliphatic carbocycles. The second-order valence-electron chi connectivity index (χ2n) is 2.48. The van der Waals surface area contributed by atoms with Gasteiger partial charge in [0.1, 0.15) is 0 Å². The lowest BCUT2D eigenvalue weighted by molar-refractivity contribution is -0.113. The van der Waals surface area contributed by atoms with Crippen LogP contribution in [0.5, 0.6) is 0 Å². The Kier molecular flexibility index (Phi) is 2.02. The molecule has 0 saturated heterocycles. The van der Waals surface area contributed by atoms with E-state index in [2.05, 4.69) is 0 Å². The van der Waals surface area contributed by atoms with E-state index in [4.69, 9.17) is 5.73 Å². The van der Waals surface area contributed by atoms with Gasteiger partial charge in [0.15, 0.2) is 5.78 Å². The number of hydrogen-bond acceptors (Lipinski definition) is 2. The minimum atomic E-state index is 0.0314. The van der Waals surface area contributed by atoms with Gasteiger partial charge in [-0.05, 0) is 13.3 Å². The maximum Gasteiger partial charge on any atom is 0.159 e. The van der Waals surface area contributed by atoms with Crippen molar-refractivity contribution in [2.75, 3.05) is 0 Å². The Morgan fingerprint density at radius 1 is 1.80 bits per heavy atom. The van der Waals surface area contributed by atoms with Crippen molar-refractivity contribution < 1.29 is 4.79 Å². The zero-order valence-electron chi connectivity index (χ0n) is 6.00. The van der Waals surface area contributed by atoms with Crippen LogP contribution in [0.1, 0.15) is 13.3 Å². The summed E-state index contributed by atoms with van der Waals surface area (Å²) in [5.74, 6) is 0.0893. The van der Waals surface area contributed by atoms with Gasteiger partial charge >= 0.3 is 0 Å². The molecule has 0 heterocycles. The van der Waals surface area contributed by atoms with Crippen LogP contribution in [0.4, 0.5) is 0 Å². The van der Waals surface area contributed by atoms with Crippen LogP contribution in [0, 0.1) is 0 Å². The molecule has 0 spiro atoms. The molecule has 2 heteroatoms. The molecule has 54 valence electrons. The molecule has 1 rings (SSSR count). The summed E-state index contributed by atoms with van der Waals surface area (Å²) in [5, 5.41) is 0. The second-order valence-corrected chi connectivity index (χ2v) is 2.48. The lowest BCUT2D eigenvalue weighted by atomic mass is 10.0. The zero-order valence-corrected chi connectivity index (χ0v) is 6.00. The predicted molar refractivity (Wildman–Crippen MR) is 40.5 cm³/mol. The molecule has 1 aliphatic rings. The van der Waals surface area contributed by atoms with E-state index in [-0.39, 0.29) is 11.8 Å². The van der Waals surface area contributed by atoms with Crippen molar-refractivity contribution in [2.24, 2.45) is 5.73 Å².